The average molecular weight is 250 g/mol. The van der Waals surface area contributed by atoms with Crippen LogP contribution in [0, 0.1) is 10.1 Å². The van der Waals surface area contributed by atoms with Gasteiger partial charge in [-0.15, -0.1) is 0 Å². The molecule has 0 fully saturated rings. The van der Waals surface area contributed by atoms with E-state index in [9.17, 15) is 10.1 Å². The highest BCUT2D eigenvalue weighted by Crippen LogP contribution is 2.27. The summed E-state index contributed by atoms with van der Waals surface area (Å²) in [6, 6.07) is 17.1. The van der Waals surface area contributed by atoms with Crippen LogP contribution in [0.25, 0.3) is 22.0 Å². The van der Waals surface area contributed by atoms with Crippen LogP contribution in [0.15, 0.2) is 60.8 Å². The molecule has 0 saturated carbocycles. The molecule has 0 spiro atoms. The largest absolute Gasteiger partial charge is 0.287 e. The Morgan fingerprint density at radius 2 is 1.74 bits per heavy atom. The van der Waals surface area contributed by atoms with Gasteiger partial charge in [-0.05, 0) is 16.8 Å². The van der Waals surface area contributed by atoms with E-state index in [1.165, 1.54) is 12.3 Å². The van der Waals surface area contributed by atoms with E-state index in [0.29, 0.717) is 0 Å². The molecular weight excluding hydrogens is 240 g/mol. The molecular formula is C15H10N2O2. The Labute approximate surface area is 109 Å². The van der Waals surface area contributed by atoms with Gasteiger partial charge in [0.2, 0.25) is 0 Å². The second kappa shape index (κ2) is 4.49. The highest BCUT2D eigenvalue weighted by Gasteiger charge is 2.08. The van der Waals surface area contributed by atoms with Gasteiger partial charge in [0.1, 0.15) is 6.20 Å². The quantitative estimate of drug-likeness (QED) is 0.513. The summed E-state index contributed by atoms with van der Waals surface area (Å²) < 4.78 is 0. The zero-order chi connectivity index (χ0) is 13.2. The Morgan fingerprint density at radius 1 is 0.947 bits per heavy atom. The fourth-order valence-corrected chi connectivity index (χ4v) is 2.10. The fourth-order valence-electron chi connectivity index (χ4n) is 2.10. The number of hydrogen-bond donors (Lipinski definition) is 0. The summed E-state index contributed by atoms with van der Waals surface area (Å²) in [5, 5.41) is 12.8. The number of pyridine rings is 1. The number of nitro groups is 1. The average Bonchev–Trinajstić information content (AvgIpc) is 2.47. The van der Waals surface area contributed by atoms with Gasteiger partial charge in [0.05, 0.1) is 10.6 Å². The smallest absolute Gasteiger partial charge is 0.258 e. The fraction of sp³-hybridized carbons (Fsp3) is 0. The molecule has 1 heterocycles. The molecule has 0 unspecified atom stereocenters. The van der Waals surface area contributed by atoms with Gasteiger partial charge in [0, 0.05) is 11.6 Å². The molecule has 2 aromatic carbocycles. The standard InChI is InChI=1S/C15H10N2O2/c18-17(19)12-8-9-15(16-10-12)14-7-3-5-11-4-1-2-6-13(11)14/h1-10H. The maximum absolute atomic E-state index is 10.6. The van der Waals surface area contributed by atoms with Crippen LogP contribution in [0.3, 0.4) is 0 Å². The van der Waals surface area contributed by atoms with Gasteiger partial charge in [0.15, 0.2) is 0 Å². The van der Waals surface area contributed by atoms with Crippen molar-refractivity contribution in [2.24, 2.45) is 0 Å². The molecule has 0 bridgehead atoms. The minimum absolute atomic E-state index is 0.00369. The summed E-state index contributed by atoms with van der Waals surface area (Å²) >= 11 is 0. The molecule has 4 nitrogen and oxygen atoms in total. The number of benzene rings is 2. The summed E-state index contributed by atoms with van der Waals surface area (Å²) in [6.07, 6.45) is 1.29. The molecule has 0 aliphatic heterocycles. The van der Waals surface area contributed by atoms with Crippen molar-refractivity contribution in [1.82, 2.24) is 4.98 Å². The lowest BCUT2D eigenvalue weighted by molar-refractivity contribution is -0.385. The predicted octanol–water partition coefficient (Wildman–Crippen LogP) is 3.81. The van der Waals surface area contributed by atoms with Crippen molar-refractivity contribution in [2.75, 3.05) is 0 Å². The monoisotopic (exact) mass is 250 g/mol. The van der Waals surface area contributed by atoms with Crippen LogP contribution in [-0.2, 0) is 0 Å². The lowest BCUT2D eigenvalue weighted by Gasteiger charge is -2.05. The Hall–Kier alpha value is -2.75. The Bertz CT molecular complexity index is 746. The second-order valence-electron chi connectivity index (χ2n) is 4.19. The molecule has 0 aliphatic rings. The van der Waals surface area contributed by atoms with Crippen molar-refractivity contribution < 1.29 is 4.92 Å². The van der Waals surface area contributed by atoms with Gasteiger partial charge in [0.25, 0.3) is 5.69 Å². The molecule has 3 rings (SSSR count). The Kier molecular flexibility index (Phi) is 2.68. The van der Waals surface area contributed by atoms with Crippen molar-refractivity contribution in [3.8, 4) is 11.3 Å². The summed E-state index contributed by atoms with van der Waals surface area (Å²) in [5.74, 6) is 0. The predicted molar refractivity (Wildman–Crippen MR) is 73.8 cm³/mol. The van der Waals surface area contributed by atoms with E-state index in [2.05, 4.69) is 4.98 Å². The van der Waals surface area contributed by atoms with E-state index in [0.717, 1.165) is 22.0 Å². The van der Waals surface area contributed by atoms with E-state index < -0.39 is 4.92 Å². The summed E-state index contributed by atoms with van der Waals surface area (Å²) in [7, 11) is 0. The first-order valence-electron chi connectivity index (χ1n) is 5.84. The van der Waals surface area contributed by atoms with E-state index in [1.807, 2.05) is 42.5 Å². The van der Waals surface area contributed by atoms with E-state index in [-0.39, 0.29) is 5.69 Å². The van der Waals surface area contributed by atoms with Crippen LogP contribution in [0.1, 0.15) is 0 Å². The zero-order valence-electron chi connectivity index (χ0n) is 9.98. The third-order valence-electron chi connectivity index (χ3n) is 3.02. The lowest BCUT2D eigenvalue weighted by atomic mass is 10.0. The number of fused-ring (bicyclic) bond motifs is 1. The van der Waals surface area contributed by atoms with Gasteiger partial charge in [-0.25, -0.2) is 4.98 Å². The molecule has 0 atom stereocenters. The van der Waals surface area contributed by atoms with Crippen LogP contribution in [-0.4, -0.2) is 9.91 Å². The van der Waals surface area contributed by atoms with Crippen LogP contribution in [0.4, 0.5) is 5.69 Å². The molecule has 0 amide bonds. The van der Waals surface area contributed by atoms with E-state index in [1.54, 1.807) is 6.07 Å². The third-order valence-corrected chi connectivity index (χ3v) is 3.02. The van der Waals surface area contributed by atoms with Gasteiger partial charge in [-0.2, -0.15) is 0 Å². The topological polar surface area (TPSA) is 56.0 Å². The van der Waals surface area contributed by atoms with Gasteiger partial charge < -0.3 is 0 Å². The number of aromatic nitrogens is 1. The molecule has 3 aromatic rings. The maximum Gasteiger partial charge on any atom is 0.287 e. The SMILES string of the molecule is O=[N+]([O-])c1ccc(-c2cccc3ccccc23)nc1. The van der Waals surface area contributed by atoms with Gasteiger partial charge in [-0.3, -0.25) is 10.1 Å². The molecule has 19 heavy (non-hydrogen) atoms. The zero-order valence-corrected chi connectivity index (χ0v) is 9.98. The highest BCUT2D eigenvalue weighted by atomic mass is 16.6. The van der Waals surface area contributed by atoms with Gasteiger partial charge in [-0.1, -0.05) is 42.5 Å². The van der Waals surface area contributed by atoms with Crippen LogP contribution >= 0.6 is 0 Å². The first-order chi connectivity index (χ1) is 9.25. The normalized spacial score (nSPS) is 10.5. The second-order valence-corrected chi connectivity index (χ2v) is 4.19. The highest BCUT2D eigenvalue weighted by molar-refractivity contribution is 5.95. The van der Waals surface area contributed by atoms with E-state index in [4.69, 9.17) is 0 Å². The summed E-state index contributed by atoms with van der Waals surface area (Å²) in [4.78, 5) is 14.4. The molecule has 92 valence electrons. The van der Waals surface area contributed by atoms with Gasteiger partial charge >= 0.3 is 0 Å². The van der Waals surface area contributed by atoms with Crippen molar-refractivity contribution in [1.29, 1.82) is 0 Å². The number of rotatable bonds is 2. The third kappa shape index (κ3) is 2.04. The van der Waals surface area contributed by atoms with Crippen molar-refractivity contribution in [3.63, 3.8) is 0 Å². The summed E-state index contributed by atoms with van der Waals surface area (Å²) in [5.41, 5.74) is 1.72. The number of nitrogens with zero attached hydrogens (tertiary/aromatic N) is 2. The lowest BCUT2D eigenvalue weighted by Crippen LogP contribution is -1.90. The first-order valence-corrected chi connectivity index (χ1v) is 5.84. The molecule has 4 heteroatoms. The number of hydrogen-bond acceptors (Lipinski definition) is 3. The minimum atomic E-state index is -0.445. The maximum atomic E-state index is 10.6. The molecule has 0 radical (unpaired) electrons. The molecule has 0 aliphatic carbocycles. The van der Waals surface area contributed by atoms with Crippen molar-refractivity contribution in [2.45, 2.75) is 0 Å². The Balaban J connectivity index is 2.16. The molecule has 0 saturated heterocycles. The van der Waals surface area contributed by atoms with Crippen molar-refractivity contribution >= 4 is 16.5 Å². The van der Waals surface area contributed by atoms with E-state index >= 15 is 0 Å². The van der Waals surface area contributed by atoms with Crippen LogP contribution < -0.4 is 0 Å². The van der Waals surface area contributed by atoms with Crippen LogP contribution in [0.5, 0.6) is 0 Å². The van der Waals surface area contributed by atoms with Crippen LogP contribution in [0.2, 0.25) is 0 Å². The van der Waals surface area contributed by atoms with Crippen molar-refractivity contribution in [3.05, 3.63) is 70.9 Å². The molecule has 0 N–H and O–H groups in total. The minimum Gasteiger partial charge on any atom is -0.258 e. The first kappa shape index (κ1) is 11.3. The Morgan fingerprint density at radius 3 is 2.47 bits per heavy atom. The molecule has 1 aromatic heterocycles. The summed E-state index contributed by atoms with van der Waals surface area (Å²) in [6.45, 7) is 0.